The fourth-order valence-corrected chi connectivity index (χ4v) is 2.35. The molecule has 0 heterocycles. The van der Waals surface area contributed by atoms with Crippen LogP contribution in [0.2, 0.25) is 0 Å². The SMILES string of the molecule is N=C(N)SCCSc1ccccc1F. The Balaban J connectivity index is 2.31. The Kier molecular flexibility index (Phi) is 4.82. The molecule has 0 aliphatic carbocycles. The molecule has 1 aromatic carbocycles. The molecule has 0 aliphatic rings. The third-order valence-electron chi connectivity index (χ3n) is 1.44. The summed E-state index contributed by atoms with van der Waals surface area (Å²) in [4.78, 5) is 0.650. The van der Waals surface area contributed by atoms with E-state index in [2.05, 4.69) is 0 Å². The number of hydrogen-bond acceptors (Lipinski definition) is 3. The zero-order valence-corrected chi connectivity index (χ0v) is 9.13. The van der Waals surface area contributed by atoms with Crippen LogP contribution in [0.4, 0.5) is 4.39 Å². The second-order valence-electron chi connectivity index (χ2n) is 2.49. The normalized spacial score (nSPS) is 10.1. The maximum Gasteiger partial charge on any atom is 0.151 e. The van der Waals surface area contributed by atoms with Crippen molar-refractivity contribution in [2.75, 3.05) is 11.5 Å². The van der Waals surface area contributed by atoms with Crippen molar-refractivity contribution in [2.45, 2.75) is 4.90 Å². The summed E-state index contributed by atoms with van der Waals surface area (Å²) in [6.45, 7) is 0. The second-order valence-corrected chi connectivity index (χ2v) is 4.77. The van der Waals surface area contributed by atoms with E-state index in [1.54, 1.807) is 12.1 Å². The minimum absolute atomic E-state index is 0.110. The van der Waals surface area contributed by atoms with E-state index in [1.165, 1.54) is 29.6 Å². The van der Waals surface area contributed by atoms with Gasteiger partial charge in [-0.25, -0.2) is 4.39 Å². The number of nitrogens with one attached hydrogen (secondary N) is 1. The van der Waals surface area contributed by atoms with E-state index in [4.69, 9.17) is 11.1 Å². The summed E-state index contributed by atoms with van der Waals surface area (Å²) in [5.74, 6) is 1.30. The van der Waals surface area contributed by atoms with Gasteiger partial charge in [0.15, 0.2) is 5.17 Å². The molecule has 0 saturated carbocycles. The second kappa shape index (κ2) is 5.93. The van der Waals surface area contributed by atoms with Crippen molar-refractivity contribution in [1.29, 1.82) is 5.41 Å². The van der Waals surface area contributed by atoms with Gasteiger partial charge in [-0.05, 0) is 12.1 Å². The van der Waals surface area contributed by atoms with Crippen molar-refractivity contribution < 1.29 is 4.39 Å². The molecular weight excluding hydrogens is 219 g/mol. The van der Waals surface area contributed by atoms with Gasteiger partial charge in [0.05, 0.1) is 0 Å². The summed E-state index contributed by atoms with van der Waals surface area (Å²) in [5, 5.41) is 7.09. The highest BCUT2D eigenvalue weighted by atomic mass is 32.2. The zero-order valence-electron chi connectivity index (χ0n) is 7.50. The first-order valence-electron chi connectivity index (χ1n) is 4.04. The molecule has 2 nitrogen and oxygen atoms in total. The molecule has 0 bridgehead atoms. The zero-order chi connectivity index (χ0) is 10.4. The lowest BCUT2D eigenvalue weighted by Gasteiger charge is -2.01. The third-order valence-corrected chi connectivity index (χ3v) is 3.46. The number of rotatable bonds is 4. The summed E-state index contributed by atoms with van der Waals surface area (Å²) in [7, 11) is 0. The van der Waals surface area contributed by atoms with Gasteiger partial charge in [0, 0.05) is 16.4 Å². The minimum atomic E-state index is -0.190. The predicted octanol–water partition coefficient (Wildman–Crippen LogP) is 2.54. The first kappa shape index (κ1) is 11.4. The summed E-state index contributed by atoms with van der Waals surface area (Å²) in [5.41, 5.74) is 5.16. The lowest BCUT2D eigenvalue weighted by molar-refractivity contribution is 0.602. The smallest absolute Gasteiger partial charge is 0.151 e. The quantitative estimate of drug-likeness (QED) is 0.362. The molecule has 0 aromatic heterocycles. The summed E-state index contributed by atoms with van der Waals surface area (Å²) >= 11 is 2.72. The lowest BCUT2D eigenvalue weighted by atomic mass is 10.3. The molecule has 0 saturated heterocycles. The summed E-state index contributed by atoms with van der Waals surface area (Å²) in [6, 6.07) is 6.67. The van der Waals surface area contributed by atoms with Gasteiger partial charge in [-0.2, -0.15) is 0 Å². The first-order chi connectivity index (χ1) is 6.70. The van der Waals surface area contributed by atoms with E-state index in [9.17, 15) is 4.39 Å². The van der Waals surface area contributed by atoms with Gasteiger partial charge < -0.3 is 5.73 Å². The van der Waals surface area contributed by atoms with Crippen molar-refractivity contribution >= 4 is 28.7 Å². The molecular formula is C9H11FN2S2. The number of halogens is 1. The Morgan fingerprint density at radius 3 is 2.71 bits per heavy atom. The van der Waals surface area contributed by atoms with Crippen molar-refractivity contribution in [3.8, 4) is 0 Å². The van der Waals surface area contributed by atoms with Crippen LogP contribution in [0.15, 0.2) is 29.2 Å². The first-order valence-corrected chi connectivity index (χ1v) is 6.01. The van der Waals surface area contributed by atoms with Gasteiger partial charge in [-0.3, -0.25) is 5.41 Å². The van der Waals surface area contributed by atoms with Crippen molar-refractivity contribution in [3.05, 3.63) is 30.1 Å². The van der Waals surface area contributed by atoms with Crippen LogP contribution in [-0.4, -0.2) is 16.7 Å². The lowest BCUT2D eigenvalue weighted by Crippen LogP contribution is -2.05. The fourth-order valence-electron chi connectivity index (χ4n) is 0.865. The molecule has 0 fully saturated rings. The Labute approximate surface area is 91.0 Å². The van der Waals surface area contributed by atoms with E-state index in [1.807, 2.05) is 6.07 Å². The number of amidine groups is 1. The van der Waals surface area contributed by atoms with Gasteiger partial charge >= 0.3 is 0 Å². The van der Waals surface area contributed by atoms with Gasteiger partial charge in [0.25, 0.3) is 0 Å². The average Bonchev–Trinajstić information content (AvgIpc) is 2.15. The van der Waals surface area contributed by atoms with Crippen LogP contribution in [0.1, 0.15) is 0 Å². The predicted molar refractivity (Wildman–Crippen MR) is 61.5 cm³/mol. The molecule has 0 radical (unpaired) electrons. The van der Waals surface area contributed by atoms with E-state index in [0.29, 0.717) is 4.90 Å². The highest BCUT2D eigenvalue weighted by Gasteiger charge is 2.00. The summed E-state index contributed by atoms with van der Waals surface area (Å²) < 4.78 is 13.1. The Bertz CT molecular complexity index is 317. The molecule has 1 aromatic rings. The number of benzene rings is 1. The monoisotopic (exact) mass is 230 g/mol. The van der Waals surface area contributed by atoms with E-state index >= 15 is 0 Å². The molecule has 3 N–H and O–H groups in total. The largest absolute Gasteiger partial charge is 0.379 e. The standard InChI is InChI=1S/C9H11FN2S2/c10-7-3-1-2-4-8(7)13-5-6-14-9(11)12/h1-4H,5-6H2,(H3,11,12). The van der Waals surface area contributed by atoms with Gasteiger partial charge in [0.1, 0.15) is 5.82 Å². The molecule has 5 heteroatoms. The van der Waals surface area contributed by atoms with Crippen molar-refractivity contribution in [1.82, 2.24) is 0 Å². The highest BCUT2D eigenvalue weighted by molar-refractivity contribution is 8.14. The van der Waals surface area contributed by atoms with Crippen LogP contribution in [-0.2, 0) is 0 Å². The molecule has 0 aliphatic heterocycles. The molecule has 0 spiro atoms. The molecule has 76 valence electrons. The Morgan fingerprint density at radius 2 is 2.07 bits per heavy atom. The molecule has 14 heavy (non-hydrogen) atoms. The number of hydrogen-bond donors (Lipinski definition) is 2. The number of nitrogens with two attached hydrogens (primary N) is 1. The number of thioether (sulfide) groups is 2. The topological polar surface area (TPSA) is 49.9 Å². The molecule has 0 amide bonds. The highest BCUT2D eigenvalue weighted by Crippen LogP contribution is 2.21. The Morgan fingerprint density at radius 1 is 1.36 bits per heavy atom. The van der Waals surface area contributed by atoms with Gasteiger partial charge in [-0.1, -0.05) is 23.9 Å². The molecule has 1 rings (SSSR count). The van der Waals surface area contributed by atoms with E-state index in [0.717, 1.165) is 11.5 Å². The maximum absolute atomic E-state index is 13.1. The van der Waals surface area contributed by atoms with Crippen LogP contribution in [0.25, 0.3) is 0 Å². The summed E-state index contributed by atoms with van der Waals surface area (Å²) in [6.07, 6.45) is 0. The molecule has 0 atom stereocenters. The van der Waals surface area contributed by atoms with Crippen LogP contribution in [0, 0.1) is 11.2 Å². The van der Waals surface area contributed by atoms with Crippen LogP contribution >= 0.6 is 23.5 Å². The van der Waals surface area contributed by atoms with E-state index in [-0.39, 0.29) is 11.0 Å². The van der Waals surface area contributed by atoms with Crippen LogP contribution in [0.3, 0.4) is 0 Å². The average molecular weight is 230 g/mol. The van der Waals surface area contributed by atoms with Gasteiger partial charge in [-0.15, -0.1) is 11.8 Å². The van der Waals surface area contributed by atoms with E-state index < -0.39 is 0 Å². The molecule has 0 unspecified atom stereocenters. The maximum atomic E-state index is 13.1. The minimum Gasteiger partial charge on any atom is -0.379 e. The van der Waals surface area contributed by atoms with Crippen molar-refractivity contribution in [3.63, 3.8) is 0 Å². The Hall–Kier alpha value is -0.680. The van der Waals surface area contributed by atoms with Gasteiger partial charge in [0.2, 0.25) is 0 Å². The van der Waals surface area contributed by atoms with Crippen LogP contribution < -0.4 is 5.73 Å². The van der Waals surface area contributed by atoms with Crippen LogP contribution in [0.5, 0.6) is 0 Å². The van der Waals surface area contributed by atoms with Crippen molar-refractivity contribution in [2.24, 2.45) is 5.73 Å². The third kappa shape index (κ3) is 4.02. The fraction of sp³-hybridized carbons (Fsp3) is 0.222.